The lowest BCUT2D eigenvalue weighted by atomic mass is 9.98. The molecule has 0 bridgehead atoms. The van der Waals surface area contributed by atoms with Crippen LogP contribution in [-0.4, -0.2) is 11.1 Å². The predicted octanol–water partition coefficient (Wildman–Crippen LogP) is 5.72. The first-order chi connectivity index (χ1) is 12.9. The largest absolute Gasteiger partial charge is 0.416 e. The first-order valence-electron chi connectivity index (χ1n) is 7.58. The highest BCUT2D eigenvalue weighted by atomic mass is 32.2. The van der Waals surface area contributed by atoms with E-state index in [2.05, 4.69) is 5.32 Å². The number of alkyl halides is 6. The van der Waals surface area contributed by atoms with Crippen LogP contribution in [0.2, 0.25) is 0 Å². The lowest BCUT2D eigenvalue weighted by Gasteiger charge is -2.14. The molecule has 28 heavy (non-hydrogen) atoms. The zero-order chi connectivity index (χ0) is 20.7. The summed E-state index contributed by atoms with van der Waals surface area (Å²) >= 11 is 0.690. The molecular formula is C18H9F6NO2S. The average molecular weight is 417 g/mol. The van der Waals surface area contributed by atoms with Crippen molar-refractivity contribution in [2.75, 3.05) is 0 Å². The monoisotopic (exact) mass is 417 g/mol. The third kappa shape index (κ3) is 4.38. The molecule has 10 heteroatoms. The fourth-order valence-corrected chi connectivity index (χ4v) is 3.15. The van der Waals surface area contributed by atoms with Crippen molar-refractivity contribution in [3.63, 3.8) is 0 Å². The van der Waals surface area contributed by atoms with Gasteiger partial charge in [0.1, 0.15) is 0 Å². The number of hydrogen-bond donors (Lipinski definition) is 1. The first kappa shape index (κ1) is 20.0. The Bertz CT molecular complexity index is 945. The maximum Gasteiger partial charge on any atom is 0.416 e. The van der Waals surface area contributed by atoms with Crippen molar-refractivity contribution in [2.24, 2.45) is 0 Å². The van der Waals surface area contributed by atoms with Gasteiger partial charge in [0.05, 0.1) is 16.0 Å². The molecule has 3 nitrogen and oxygen atoms in total. The van der Waals surface area contributed by atoms with Crippen LogP contribution in [0.15, 0.2) is 47.4 Å². The normalized spacial score (nSPS) is 16.6. The molecule has 2 amide bonds. The van der Waals surface area contributed by atoms with Gasteiger partial charge < -0.3 is 0 Å². The molecule has 0 aliphatic carbocycles. The summed E-state index contributed by atoms with van der Waals surface area (Å²) in [5.74, 6) is -0.577. The van der Waals surface area contributed by atoms with Gasteiger partial charge in [-0.05, 0) is 52.7 Å². The van der Waals surface area contributed by atoms with Gasteiger partial charge in [0.25, 0.3) is 11.1 Å². The summed E-state index contributed by atoms with van der Waals surface area (Å²) in [5.41, 5.74) is -2.45. The van der Waals surface area contributed by atoms with E-state index >= 15 is 0 Å². The molecule has 0 atom stereocenters. The number of nitrogens with one attached hydrogen (secondary N) is 1. The smallest absolute Gasteiger partial charge is 0.282 e. The average Bonchev–Trinajstić information content (AvgIpc) is 2.91. The number of imide groups is 1. The fraction of sp³-hybridized carbons (Fsp3) is 0.111. The van der Waals surface area contributed by atoms with Crippen LogP contribution in [0.1, 0.15) is 16.7 Å². The summed E-state index contributed by atoms with van der Waals surface area (Å²) in [5, 5.41) is 1.54. The van der Waals surface area contributed by atoms with E-state index in [1.807, 2.05) is 0 Å². The van der Waals surface area contributed by atoms with Crippen LogP contribution >= 0.6 is 11.8 Å². The Morgan fingerprint density at radius 3 is 1.75 bits per heavy atom. The molecule has 1 saturated heterocycles. The van der Waals surface area contributed by atoms with Crippen LogP contribution in [0.3, 0.4) is 0 Å². The molecule has 1 N–H and O–H groups in total. The molecule has 1 aliphatic heterocycles. The molecule has 0 saturated carbocycles. The number of hydrogen-bond acceptors (Lipinski definition) is 3. The number of carbonyl (C=O) groups is 2. The van der Waals surface area contributed by atoms with Crippen LogP contribution < -0.4 is 5.32 Å². The molecule has 0 radical (unpaired) electrons. The zero-order valence-electron chi connectivity index (χ0n) is 13.6. The lowest BCUT2D eigenvalue weighted by molar-refractivity contribution is -0.143. The standard InChI is InChI=1S/C18H9F6NO2S/c19-17(20,21)12-6-11(7-13(8-12)18(22,23)24)10-3-1-9(2-4-10)5-14-15(26)25-16(27)28-14/h1-8H,(H,25,26,27)/b14-5-. The van der Waals surface area contributed by atoms with Gasteiger partial charge in [-0.2, -0.15) is 26.3 Å². The highest BCUT2D eigenvalue weighted by Crippen LogP contribution is 2.38. The molecule has 2 aromatic carbocycles. The lowest BCUT2D eigenvalue weighted by Crippen LogP contribution is -2.17. The van der Waals surface area contributed by atoms with Crippen LogP contribution in [-0.2, 0) is 17.1 Å². The Labute approximate surface area is 158 Å². The third-order valence-electron chi connectivity index (χ3n) is 3.77. The second-order valence-corrected chi connectivity index (χ2v) is 6.78. The number of halogens is 6. The molecule has 0 aromatic heterocycles. The minimum Gasteiger partial charge on any atom is -0.282 e. The Balaban J connectivity index is 1.98. The number of amides is 2. The summed E-state index contributed by atoms with van der Waals surface area (Å²) in [6, 6.07) is 6.86. The van der Waals surface area contributed by atoms with Crippen molar-refractivity contribution >= 4 is 29.0 Å². The van der Waals surface area contributed by atoms with Crippen LogP contribution in [0.4, 0.5) is 31.1 Å². The van der Waals surface area contributed by atoms with Crippen LogP contribution in [0, 0.1) is 0 Å². The summed E-state index contributed by atoms with van der Waals surface area (Å²) in [6.45, 7) is 0. The van der Waals surface area contributed by atoms with Gasteiger partial charge in [-0.15, -0.1) is 0 Å². The van der Waals surface area contributed by atoms with Crippen LogP contribution in [0.5, 0.6) is 0 Å². The van der Waals surface area contributed by atoms with E-state index < -0.39 is 34.6 Å². The highest BCUT2D eigenvalue weighted by Gasteiger charge is 2.37. The van der Waals surface area contributed by atoms with Gasteiger partial charge in [-0.25, -0.2) is 0 Å². The zero-order valence-corrected chi connectivity index (χ0v) is 14.4. The Morgan fingerprint density at radius 2 is 1.32 bits per heavy atom. The highest BCUT2D eigenvalue weighted by molar-refractivity contribution is 8.18. The Morgan fingerprint density at radius 1 is 0.786 bits per heavy atom. The SMILES string of the molecule is O=C1NC(=O)/C(=C/c2ccc(-c3cc(C(F)(F)F)cc(C(F)(F)F)c3)cc2)S1. The van der Waals surface area contributed by atoms with E-state index in [1.54, 1.807) is 0 Å². The number of carbonyl (C=O) groups excluding carboxylic acids is 2. The first-order valence-corrected chi connectivity index (χ1v) is 8.40. The fourth-order valence-electron chi connectivity index (χ4n) is 2.47. The Hall–Kier alpha value is -2.75. The van der Waals surface area contributed by atoms with E-state index in [-0.39, 0.29) is 22.1 Å². The number of benzene rings is 2. The van der Waals surface area contributed by atoms with E-state index in [0.717, 1.165) is 0 Å². The molecule has 1 fully saturated rings. The molecule has 1 aliphatic rings. The topological polar surface area (TPSA) is 46.2 Å². The number of thioether (sulfide) groups is 1. The van der Waals surface area contributed by atoms with Crippen LogP contribution in [0.25, 0.3) is 17.2 Å². The van der Waals surface area contributed by atoms with Gasteiger partial charge in [-0.3, -0.25) is 14.9 Å². The predicted molar refractivity (Wildman–Crippen MR) is 91.0 cm³/mol. The molecule has 0 unspecified atom stereocenters. The maximum absolute atomic E-state index is 13.0. The molecule has 3 rings (SSSR count). The van der Waals surface area contributed by atoms with E-state index in [9.17, 15) is 35.9 Å². The second kappa shape index (κ2) is 7.01. The Kier molecular flexibility index (Phi) is 5.00. The molecule has 0 spiro atoms. The summed E-state index contributed by atoms with van der Waals surface area (Å²) in [4.78, 5) is 22.8. The van der Waals surface area contributed by atoms with E-state index in [1.165, 1.54) is 30.3 Å². The maximum atomic E-state index is 13.0. The van der Waals surface area contributed by atoms with Crippen molar-refractivity contribution in [3.8, 4) is 11.1 Å². The summed E-state index contributed by atoms with van der Waals surface area (Å²) in [7, 11) is 0. The minimum atomic E-state index is -4.93. The van der Waals surface area contributed by atoms with Gasteiger partial charge in [-0.1, -0.05) is 24.3 Å². The molecule has 146 valence electrons. The van der Waals surface area contributed by atoms with Crippen molar-refractivity contribution in [1.29, 1.82) is 0 Å². The summed E-state index contributed by atoms with van der Waals surface area (Å²) < 4.78 is 77.8. The molecule has 1 heterocycles. The summed E-state index contributed by atoms with van der Waals surface area (Å²) in [6.07, 6.45) is -8.47. The minimum absolute atomic E-state index is 0.0647. The second-order valence-electron chi connectivity index (χ2n) is 5.77. The number of rotatable bonds is 2. The van der Waals surface area contributed by atoms with Crippen molar-refractivity contribution < 1.29 is 35.9 Å². The van der Waals surface area contributed by atoms with E-state index in [0.29, 0.717) is 29.5 Å². The van der Waals surface area contributed by atoms with Gasteiger partial charge >= 0.3 is 12.4 Å². The van der Waals surface area contributed by atoms with Gasteiger partial charge in [0, 0.05) is 0 Å². The van der Waals surface area contributed by atoms with Crippen molar-refractivity contribution in [2.45, 2.75) is 12.4 Å². The molecule has 2 aromatic rings. The van der Waals surface area contributed by atoms with Gasteiger partial charge in [0.2, 0.25) is 0 Å². The quantitative estimate of drug-likeness (QED) is 0.503. The molecular weight excluding hydrogens is 408 g/mol. The van der Waals surface area contributed by atoms with Crippen molar-refractivity contribution in [3.05, 3.63) is 64.1 Å². The third-order valence-corrected chi connectivity index (χ3v) is 4.58. The van der Waals surface area contributed by atoms with E-state index in [4.69, 9.17) is 0 Å². The van der Waals surface area contributed by atoms with Gasteiger partial charge in [0.15, 0.2) is 0 Å². The van der Waals surface area contributed by atoms with Crippen molar-refractivity contribution in [1.82, 2.24) is 5.32 Å².